The van der Waals surface area contributed by atoms with Crippen LogP contribution in [0.25, 0.3) is 0 Å². The molecule has 3 rings (SSSR count). The number of anilines is 2. The van der Waals surface area contributed by atoms with E-state index in [0.717, 1.165) is 29.9 Å². The second-order valence-corrected chi connectivity index (χ2v) is 10.8. The fourth-order valence-electron chi connectivity index (χ4n) is 4.96. The van der Waals surface area contributed by atoms with Gasteiger partial charge in [0.05, 0.1) is 72.0 Å². The van der Waals surface area contributed by atoms with Crippen LogP contribution in [0.15, 0.2) is 42.5 Å². The van der Waals surface area contributed by atoms with E-state index in [1.807, 2.05) is 54.3 Å². The van der Waals surface area contributed by atoms with E-state index in [-0.39, 0.29) is 36.2 Å². The van der Waals surface area contributed by atoms with Crippen molar-refractivity contribution in [3.63, 3.8) is 0 Å². The molecule has 2 atom stereocenters. The van der Waals surface area contributed by atoms with Crippen LogP contribution in [0, 0.1) is 0 Å². The van der Waals surface area contributed by atoms with Gasteiger partial charge in [-0.15, -0.1) is 0 Å². The number of ether oxygens (including phenoxy) is 5. The molecule has 0 saturated carbocycles. The highest BCUT2D eigenvalue weighted by Gasteiger charge is 2.33. The molecule has 0 bridgehead atoms. The lowest BCUT2D eigenvalue weighted by molar-refractivity contribution is -0.374. The van der Waals surface area contributed by atoms with Gasteiger partial charge in [-0.2, -0.15) is 0 Å². The Labute approximate surface area is 272 Å². The molecule has 2 aromatic carbocycles. The quantitative estimate of drug-likeness (QED) is 0.150. The number of halogens is 2. The molecule has 0 fully saturated rings. The smallest absolute Gasteiger partial charge is 0.224 e. The van der Waals surface area contributed by atoms with Crippen molar-refractivity contribution in [2.45, 2.75) is 45.2 Å². The second kappa shape index (κ2) is 21.5. The van der Waals surface area contributed by atoms with Gasteiger partial charge in [0.25, 0.3) is 0 Å². The Bertz CT molecular complexity index is 1120. The summed E-state index contributed by atoms with van der Waals surface area (Å²) >= 11 is 6.06. The normalized spacial score (nSPS) is 15.9. The van der Waals surface area contributed by atoms with Crippen LogP contribution in [0.1, 0.15) is 55.1 Å². The molecule has 44 heavy (non-hydrogen) atoms. The van der Waals surface area contributed by atoms with Crippen LogP contribution in [0.2, 0.25) is 5.02 Å². The van der Waals surface area contributed by atoms with Gasteiger partial charge >= 0.3 is 0 Å². The average molecular weight is 657 g/mol. The van der Waals surface area contributed by atoms with E-state index in [9.17, 15) is 9.59 Å². The number of Topliss-reactive ketones (excluding diaryl/α,β-unsaturated/α-hetero) is 1. The number of rotatable bonds is 21. The summed E-state index contributed by atoms with van der Waals surface area (Å²) < 4.78 is 27.3. The fourth-order valence-corrected chi connectivity index (χ4v) is 5.09. The first kappa shape index (κ1) is 37.9. The summed E-state index contributed by atoms with van der Waals surface area (Å²) in [4.78, 5) is 27.3. The van der Waals surface area contributed by atoms with Crippen LogP contribution in [-0.2, 0) is 28.5 Å². The first-order valence-electron chi connectivity index (χ1n) is 15.1. The van der Waals surface area contributed by atoms with Crippen molar-refractivity contribution < 1.29 is 51.4 Å². The zero-order valence-corrected chi connectivity index (χ0v) is 27.4. The molecular formula is C32H47Cl2N3O7. The van der Waals surface area contributed by atoms with Gasteiger partial charge in [-0.1, -0.05) is 11.6 Å². The molecule has 246 valence electrons. The zero-order valence-electron chi connectivity index (χ0n) is 25.9. The first-order valence-corrected chi connectivity index (χ1v) is 15.5. The van der Waals surface area contributed by atoms with E-state index in [1.165, 1.54) is 0 Å². The summed E-state index contributed by atoms with van der Waals surface area (Å²) in [6, 6.07) is 13.1. The minimum Gasteiger partial charge on any atom is -1.00 e. The molecule has 12 heteroatoms. The van der Waals surface area contributed by atoms with Gasteiger partial charge in [-0.3, -0.25) is 9.59 Å². The standard InChI is InChI=1S/C32H46ClN3O7.ClH/c1-24-22-30(35-28-8-6-27(33)7-9-28)29-23-26(5-10-31(29)36(24)25(2)37)32(38)4-3-12-39-14-16-41-18-20-43-21-19-42-17-15-40-13-11-34;/h5-10,23-24,30,35H,3-4,11-22,34H2,1-2H3;1H/t24-,30+;/m0./s1. The first-order chi connectivity index (χ1) is 20.9. The van der Waals surface area contributed by atoms with Gasteiger partial charge in [0.15, 0.2) is 5.78 Å². The second-order valence-electron chi connectivity index (χ2n) is 10.4. The lowest BCUT2D eigenvalue weighted by Crippen LogP contribution is -3.00. The molecule has 0 saturated heterocycles. The van der Waals surface area contributed by atoms with Crippen molar-refractivity contribution in [2.24, 2.45) is 0 Å². The fraction of sp³-hybridized carbons (Fsp3) is 0.562. The van der Waals surface area contributed by atoms with Crippen LogP contribution < -0.4 is 28.4 Å². The van der Waals surface area contributed by atoms with Crippen molar-refractivity contribution in [3.05, 3.63) is 58.6 Å². The van der Waals surface area contributed by atoms with Crippen LogP contribution in [-0.4, -0.2) is 90.3 Å². The van der Waals surface area contributed by atoms with Gasteiger partial charge in [0, 0.05) is 48.0 Å². The third kappa shape index (κ3) is 13.0. The molecule has 1 heterocycles. The lowest BCUT2D eigenvalue weighted by atomic mass is 9.89. The number of benzene rings is 2. The largest absolute Gasteiger partial charge is 1.00 e. The molecule has 1 aliphatic rings. The molecule has 0 spiro atoms. The number of hydrogen-bond donors (Lipinski definition) is 2. The maximum atomic E-state index is 13.0. The minimum atomic E-state index is -0.0508. The SMILES string of the molecule is CC(=O)N1c2ccc(C(=O)CCCOCCOCCOCCOCCOCC[NH3+])cc2[C@H](Nc2ccc(Cl)cc2)C[C@@H]1C.[Cl-]. The molecule has 1 aliphatic heterocycles. The Morgan fingerprint density at radius 3 is 1.95 bits per heavy atom. The predicted octanol–water partition coefficient (Wildman–Crippen LogP) is 0.930. The van der Waals surface area contributed by atoms with Crippen LogP contribution >= 0.6 is 11.6 Å². The average Bonchev–Trinajstić information content (AvgIpc) is 2.99. The van der Waals surface area contributed by atoms with E-state index >= 15 is 0 Å². The summed E-state index contributed by atoms with van der Waals surface area (Å²) in [7, 11) is 0. The summed E-state index contributed by atoms with van der Waals surface area (Å²) in [5.74, 6) is 0.0339. The van der Waals surface area contributed by atoms with Crippen molar-refractivity contribution >= 4 is 34.7 Å². The maximum Gasteiger partial charge on any atom is 0.224 e. The molecule has 2 aromatic rings. The number of ketones is 1. The minimum absolute atomic E-state index is 0. The van der Waals surface area contributed by atoms with Crippen LogP contribution in [0.3, 0.4) is 0 Å². The number of nitrogens with one attached hydrogen (secondary N) is 1. The topological polar surface area (TPSA) is 123 Å². The molecule has 0 aromatic heterocycles. The number of carbonyl (C=O) groups excluding carboxylic acids is 2. The summed E-state index contributed by atoms with van der Waals surface area (Å²) in [5.41, 5.74) is 7.05. The third-order valence-electron chi connectivity index (χ3n) is 7.00. The summed E-state index contributed by atoms with van der Waals surface area (Å²) in [5, 5.41) is 4.23. The molecule has 0 aliphatic carbocycles. The van der Waals surface area contributed by atoms with E-state index in [1.54, 1.807) is 6.92 Å². The zero-order chi connectivity index (χ0) is 30.9. The summed E-state index contributed by atoms with van der Waals surface area (Å²) in [6.45, 7) is 9.59. The molecular weight excluding hydrogens is 609 g/mol. The van der Waals surface area contributed by atoms with E-state index < -0.39 is 0 Å². The highest BCUT2D eigenvalue weighted by molar-refractivity contribution is 6.30. The number of hydrogen-bond acceptors (Lipinski definition) is 8. The van der Waals surface area contributed by atoms with E-state index in [0.29, 0.717) is 89.5 Å². The number of fused-ring (bicyclic) bond motifs is 1. The van der Waals surface area contributed by atoms with Gasteiger partial charge in [-0.25, -0.2) is 0 Å². The monoisotopic (exact) mass is 655 g/mol. The van der Waals surface area contributed by atoms with E-state index in [4.69, 9.17) is 35.3 Å². The highest BCUT2D eigenvalue weighted by Crippen LogP contribution is 2.40. The number of quaternary nitrogens is 1. The van der Waals surface area contributed by atoms with Crippen molar-refractivity contribution in [2.75, 3.05) is 82.8 Å². The third-order valence-corrected chi connectivity index (χ3v) is 7.25. The number of amides is 1. The van der Waals surface area contributed by atoms with Gasteiger partial charge in [0.1, 0.15) is 0 Å². The van der Waals surface area contributed by atoms with Crippen molar-refractivity contribution in [1.29, 1.82) is 0 Å². The van der Waals surface area contributed by atoms with Gasteiger partial charge in [-0.05, 0) is 67.8 Å². The Kier molecular flexibility index (Phi) is 18.5. The molecule has 4 N–H and O–H groups in total. The molecule has 10 nitrogen and oxygen atoms in total. The van der Waals surface area contributed by atoms with Gasteiger partial charge in [0.2, 0.25) is 5.91 Å². The maximum absolute atomic E-state index is 13.0. The Morgan fingerprint density at radius 1 is 0.864 bits per heavy atom. The molecule has 0 radical (unpaired) electrons. The Balaban J connectivity index is 0.00000675. The molecule has 0 unspecified atom stereocenters. The van der Waals surface area contributed by atoms with E-state index in [2.05, 4.69) is 11.1 Å². The molecule has 1 amide bonds. The number of carbonyl (C=O) groups is 2. The summed E-state index contributed by atoms with van der Waals surface area (Å²) in [6.07, 6.45) is 1.71. The van der Waals surface area contributed by atoms with Crippen LogP contribution in [0.5, 0.6) is 0 Å². The lowest BCUT2D eigenvalue weighted by Gasteiger charge is -2.39. The van der Waals surface area contributed by atoms with Crippen LogP contribution in [0.4, 0.5) is 11.4 Å². The Morgan fingerprint density at radius 2 is 1.41 bits per heavy atom. The predicted molar refractivity (Wildman–Crippen MR) is 167 cm³/mol. The van der Waals surface area contributed by atoms with Crippen molar-refractivity contribution in [1.82, 2.24) is 0 Å². The highest BCUT2D eigenvalue weighted by atomic mass is 35.5. The van der Waals surface area contributed by atoms with Crippen molar-refractivity contribution in [3.8, 4) is 0 Å². The number of nitrogens with zero attached hydrogens (tertiary/aromatic N) is 1. The van der Waals surface area contributed by atoms with Gasteiger partial charge < -0.3 is 52.0 Å². The Hall–Kier alpha value is -2.28.